The quantitative estimate of drug-likeness (QED) is 0.626. The van der Waals surface area contributed by atoms with Gasteiger partial charge in [0.25, 0.3) is 0 Å². The first-order chi connectivity index (χ1) is 9.63. The molecule has 0 saturated carbocycles. The molecule has 4 heteroatoms. The molecule has 4 nitrogen and oxygen atoms in total. The molecular weight excluding hydrogens is 256 g/mol. The molecule has 20 heavy (non-hydrogen) atoms. The van der Waals surface area contributed by atoms with Gasteiger partial charge in [-0.25, -0.2) is 9.59 Å². The molecule has 0 unspecified atom stereocenters. The van der Waals surface area contributed by atoms with E-state index in [0.29, 0.717) is 6.61 Å². The zero-order valence-electron chi connectivity index (χ0n) is 12.0. The van der Waals surface area contributed by atoms with E-state index in [-0.39, 0.29) is 11.9 Å². The molecule has 0 heterocycles. The van der Waals surface area contributed by atoms with Gasteiger partial charge in [-0.15, -0.1) is 0 Å². The van der Waals surface area contributed by atoms with Crippen LogP contribution in [-0.4, -0.2) is 19.0 Å². The van der Waals surface area contributed by atoms with E-state index in [4.69, 9.17) is 4.74 Å². The van der Waals surface area contributed by atoms with Crippen LogP contribution in [0.15, 0.2) is 54.6 Å². The summed E-state index contributed by atoms with van der Waals surface area (Å²) in [4.78, 5) is 21.0. The van der Waals surface area contributed by atoms with Crippen LogP contribution in [0.1, 0.15) is 19.4 Å². The van der Waals surface area contributed by atoms with Gasteiger partial charge < -0.3 is 9.47 Å². The zero-order valence-corrected chi connectivity index (χ0v) is 12.0. The maximum atomic E-state index is 10.9. The van der Waals surface area contributed by atoms with Crippen LogP contribution in [0, 0.1) is 0 Å². The van der Waals surface area contributed by atoms with Crippen molar-refractivity contribution in [2.45, 2.75) is 20.5 Å². The summed E-state index contributed by atoms with van der Waals surface area (Å²) in [7, 11) is 1.35. The van der Waals surface area contributed by atoms with Crippen molar-refractivity contribution in [1.29, 1.82) is 0 Å². The topological polar surface area (TPSA) is 52.6 Å². The third-order valence-corrected chi connectivity index (χ3v) is 2.03. The second kappa shape index (κ2) is 11.7. The predicted molar refractivity (Wildman–Crippen MR) is 77.9 cm³/mol. The highest BCUT2D eigenvalue weighted by atomic mass is 16.5. The van der Waals surface area contributed by atoms with Crippen molar-refractivity contribution in [3.63, 3.8) is 0 Å². The minimum atomic E-state index is -0.303. The number of ether oxygens (including phenoxy) is 2. The summed E-state index contributed by atoms with van der Waals surface area (Å²) in [5.74, 6) is -0.603. The van der Waals surface area contributed by atoms with Crippen molar-refractivity contribution in [2.24, 2.45) is 0 Å². The van der Waals surface area contributed by atoms with Crippen LogP contribution in [0.4, 0.5) is 0 Å². The Bertz CT molecular complexity index is 447. The Hall–Kier alpha value is -2.36. The molecule has 0 aromatic heterocycles. The minimum Gasteiger partial charge on any atom is -0.466 e. The van der Waals surface area contributed by atoms with Crippen LogP contribution in [0.3, 0.4) is 0 Å². The first-order valence-corrected chi connectivity index (χ1v) is 6.18. The number of esters is 2. The maximum Gasteiger partial charge on any atom is 0.330 e. The molecule has 0 aliphatic heterocycles. The lowest BCUT2D eigenvalue weighted by atomic mass is 10.2. The zero-order chi connectivity index (χ0) is 15.2. The van der Waals surface area contributed by atoms with Crippen LogP contribution in [0.25, 0.3) is 0 Å². The van der Waals surface area contributed by atoms with E-state index in [1.807, 2.05) is 30.3 Å². The molecule has 0 fully saturated rings. The first-order valence-electron chi connectivity index (χ1n) is 6.18. The lowest BCUT2D eigenvalue weighted by molar-refractivity contribution is -0.139. The maximum absolute atomic E-state index is 10.9. The van der Waals surface area contributed by atoms with E-state index < -0.39 is 0 Å². The van der Waals surface area contributed by atoms with Crippen LogP contribution in [-0.2, 0) is 25.7 Å². The number of hydrogen-bond donors (Lipinski definition) is 0. The van der Waals surface area contributed by atoms with Crippen LogP contribution < -0.4 is 0 Å². The molecular formula is C16H20O4. The van der Waals surface area contributed by atoms with Crippen molar-refractivity contribution in [2.75, 3.05) is 7.11 Å². The van der Waals surface area contributed by atoms with E-state index in [0.717, 1.165) is 5.56 Å². The SMILES string of the molecule is C/C=C/C(=O)OC.CC=CC(=O)OCc1ccccc1. The molecule has 0 aliphatic rings. The summed E-state index contributed by atoms with van der Waals surface area (Å²) in [5, 5.41) is 0. The fraction of sp³-hybridized carbons (Fsp3) is 0.250. The van der Waals surface area contributed by atoms with E-state index in [2.05, 4.69) is 4.74 Å². The largest absolute Gasteiger partial charge is 0.466 e. The molecule has 0 spiro atoms. The Labute approximate surface area is 119 Å². The monoisotopic (exact) mass is 276 g/mol. The summed E-state index contributed by atoms with van der Waals surface area (Å²) < 4.78 is 9.21. The molecule has 0 atom stereocenters. The molecule has 108 valence electrons. The third kappa shape index (κ3) is 9.65. The fourth-order valence-electron chi connectivity index (χ4n) is 1.12. The van der Waals surface area contributed by atoms with Crippen molar-refractivity contribution in [3.8, 4) is 0 Å². The highest BCUT2D eigenvalue weighted by molar-refractivity contribution is 5.82. The first kappa shape index (κ1) is 17.6. The average molecular weight is 276 g/mol. The molecule has 0 aliphatic carbocycles. The minimum absolute atomic E-state index is 0.300. The van der Waals surface area contributed by atoms with E-state index >= 15 is 0 Å². The molecule has 0 amide bonds. The van der Waals surface area contributed by atoms with Gasteiger partial charge in [0.1, 0.15) is 6.61 Å². The number of methoxy groups -OCH3 is 1. The number of allylic oxidation sites excluding steroid dienone is 2. The summed E-state index contributed by atoms with van der Waals surface area (Å²) in [6, 6.07) is 9.60. The van der Waals surface area contributed by atoms with Crippen molar-refractivity contribution >= 4 is 11.9 Å². The summed E-state index contributed by atoms with van der Waals surface area (Å²) in [6.07, 6.45) is 6.06. The molecule has 0 bridgehead atoms. The molecule has 0 N–H and O–H groups in total. The Morgan fingerprint density at radius 3 is 2.00 bits per heavy atom. The van der Waals surface area contributed by atoms with Crippen LogP contribution in [0.5, 0.6) is 0 Å². The van der Waals surface area contributed by atoms with Gasteiger partial charge in [-0.1, -0.05) is 42.5 Å². The molecule has 1 rings (SSSR count). The Morgan fingerprint density at radius 2 is 1.55 bits per heavy atom. The molecule has 0 radical (unpaired) electrons. The summed E-state index contributed by atoms with van der Waals surface area (Å²) in [6.45, 7) is 3.88. The van der Waals surface area contributed by atoms with Crippen LogP contribution >= 0.6 is 0 Å². The number of hydrogen-bond acceptors (Lipinski definition) is 4. The number of rotatable bonds is 4. The fourth-order valence-corrected chi connectivity index (χ4v) is 1.12. The smallest absolute Gasteiger partial charge is 0.330 e. The highest BCUT2D eigenvalue weighted by Crippen LogP contribution is 2.00. The Kier molecular flexibility index (Phi) is 10.3. The summed E-state index contributed by atoms with van der Waals surface area (Å²) >= 11 is 0. The summed E-state index contributed by atoms with van der Waals surface area (Å²) in [5.41, 5.74) is 1.00. The third-order valence-electron chi connectivity index (χ3n) is 2.03. The van der Waals surface area contributed by atoms with Gasteiger partial charge >= 0.3 is 11.9 Å². The van der Waals surface area contributed by atoms with E-state index in [1.54, 1.807) is 26.0 Å². The second-order valence-corrected chi connectivity index (χ2v) is 3.62. The van der Waals surface area contributed by atoms with Crippen molar-refractivity contribution < 1.29 is 19.1 Å². The Morgan fingerprint density at radius 1 is 1.00 bits per heavy atom. The number of benzene rings is 1. The number of carbonyl (C=O) groups is 2. The predicted octanol–water partition coefficient (Wildman–Crippen LogP) is 3.04. The second-order valence-electron chi connectivity index (χ2n) is 3.62. The molecule has 1 aromatic carbocycles. The standard InChI is InChI=1S/C11H12O2.C5H8O2/c1-2-6-11(12)13-9-10-7-4-3-5-8-10;1-3-4-5(6)7-2/h2-8H,9H2,1H3;3-4H,1-2H3/b;4-3+. The highest BCUT2D eigenvalue weighted by Gasteiger charge is 1.96. The van der Waals surface area contributed by atoms with Gasteiger partial charge in [-0.3, -0.25) is 0 Å². The normalized spacial score (nSPS) is 9.95. The van der Waals surface area contributed by atoms with Gasteiger partial charge in [0.2, 0.25) is 0 Å². The van der Waals surface area contributed by atoms with Crippen molar-refractivity contribution in [3.05, 3.63) is 60.2 Å². The Balaban J connectivity index is 0.000000441. The van der Waals surface area contributed by atoms with E-state index in [1.165, 1.54) is 19.3 Å². The van der Waals surface area contributed by atoms with Crippen LogP contribution in [0.2, 0.25) is 0 Å². The van der Waals surface area contributed by atoms with Gasteiger partial charge in [0.05, 0.1) is 7.11 Å². The van der Waals surface area contributed by atoms with Gasteiger partial charge in [0.15, 0.2) is 0 Å². The van der Waals surface area contributed by atoms with Gasteiger partial charge in [0, 0.05) is 12.2 Å². The van der Waals surface area contributed by atoms with Gasteiger partial charge in [-0.05, 0) is 19.4 Å². The lowest BCUT2D eigenvalue weighted by Gasteiger charge is -2.00. The van der Waals surface area contributed by atoms with Crippen molar-refractivity contribution in [1.82, 2.24) is 0 Å². The average Bonchev–Trinajstić information content (AvgIpc) is 2.47. The molecule has 0 saturated heterocycles. The van der Waals surface area contributed by atoms with E-state index in [9.17, 15) is 9.59 Å². The lowest BCUT2D eigenvalue weighted by Crippen LogP contribution is -2.00. The van der Waals surface area contributed by atoms with Gasteiger partial charge in [-0.2, -0.15) is 0 Å². The number of carbonyl (C=O) groups excluding carboxylic acids is 2. The molecule has 1 aromatic rings.